The third kappa shape index (κ3) is 3.06. The molecular weight excluding hydrogens is 340 g/mol. The van der Waals surface area contributed by atoms with E-state index >= 15 is 0 Å². The molecule has 3 amide bonds. The molecule has 0 saturated carbocycles. The normalized spacial score (nSPS) is 21.3. The molecule has 0 bridgehead atoms. The van der Waals surface area contributed by atoms with Gasteiger partial charge in [0.1, 0.15) is 5.70 Å². The molecule has 0 saturated heterocycles. The zero-order valence-corrected chi connectivity index (χ0v) is 14.7. The van der Waals surface area contributed by atoms with Gasteiger partial charge in [0.25, 0.3) is 5.91 Å². The first-order valence-corrected chi connectivity index (χ1v) is 8.76. The topological polar surface area (TPSA) is 96.2 Å². The van der Waals surface area contributed by atoms with E-state index in [2.05, 4.69) is 40.7 Å². The van der Waals surface area contributed by atoms with Gasteiger partial charge in [0.2, 0.25) is 0 Å². The highest BCUT2D eigenvalue weighted by Crippen LogP contribution is 2.43. The quantitative estimate of drug-likeness (QED) is 0.677. The van der Waals surface area contributed by atoms with Gasteiger partial charge < -0.3 is 21.7 Å². The first kappa shape index (κ1) is 16.9. The Morgan fingerprint density at radius 1 is 1.04 bits per heavy atom. The van der Waals surface area contributed by atoms with Gasteiger partial charge in [0, 0.05) is 5.92 Å². The Morgan fingerprint density at radius 3 is 2.44 bits per heavy atom. The summed E-state index contributed by atoms with van der Waals surface area (Å²) in [6.45, 7) is 3.66. The number of nitrogens with one attached hydrogen (secondary N) is 3. The van der Waals surface area contributed by atoms with Crippen molar-refractivity contribution in [2.45, 2.75) is 18.4 Å². The lowest BCUT2D eigenvalue weighted by molar-refractivity contribution is -0.118. The molecule has 2 atom stereocenters. The van der Waals surface area contributed by atoms with Gasteiger partial charge in [-0.1, -0.05) is 61.2 Å². The van der Waals surface area contributed by atoms with Crippen LogP contribution in [0.3, 0.4) is 0 Å². The number of nitrogens with two attached hydrogens (primary N) is 1. The lowest BCUT2D eigenvalue weighted by Gasteiger charge is -2.22. The molecule has 27 heavy (non-hydrogen) atoms. The van der Waals surface area contributed by atoms with E-state index in [9.17, 15) is 9.59 Å². The summed E-state index contributed by atoms with van der Waals surface area (Å²) in [5, 5.41) is 7.93. The minimum Gasteiger partial charge on any atom is -0.395 e. The summed E-state index contributed by atoms with van der Waals surface area (Å²) < 4.78 is 0. The Kier molecular flexibility index (Phi) is 4.16. The van der Waals surface area contributed by atoms with Gasteiger partial charge in [-0.05, 0) is 23.1 Å². The lowest BCUT2D eigenvalue weighted by Crippen LogP contribution is -2.47. The predicted molar refractivity (Wildman–Crippen MR) is 102 cm³/mol. The highest BCUT2D eigenvalue weighted by atomic mass is 16.2. The fourth-order valence-corrected chi connectivity index (χ4v) is 3.75. The van der Waals surface area contributed by atoms with E-state index in [1.54, 1.807) is 0 Å². The SMILES string of the molecule is C=C1NC(=O)NC(C(=O)N[C@@H]2C[C@@H](c3ccccc3)c3ccccc32)=C1N. The van der Waals surface area contributed by atoms with Crippen molar-refractivity contribution in [3.05, 3.63) is 95.0 Å². The third-order valence-electron chi connectivity index (χ3n) is 5.05. The summed E-state index contributed by atoms with van der Waals surface area (Å²) in [5.74, 6) is -0.214. The molecule has 0 unspecified atom stereocenters. The maximum Gasteiger partial charge on any atom is 0.323 e. The maximum absolute atomic E-state index is 12.8. The molecule has 2 aromatic carbocycles. The number of amides is 3. The van der Waals surface area contributed by atoms with Crippen molar-refractivity contribution < 1.29 is 9.59 Å². The fourth-order valence-electron chi connectivity index (χ4n) is 3.75. The summed E-state index contributed by atoms with van der Waals surface area (Å²) >= 11 is 0. The van der Waals surface area contributed by atoms with E-state index in [1.807, 2.05) is 36.4 Å². The van der Waals surface area contributed by atoms with Crippen molar-refractivity contribution in [3.8, 4) is 0 Å². The number of hydrogen-bond acceptors (Lipinski definition) is 3. The van der Waals surface area contributed by atoms with Crippen LogP contribution < -0.4 is 21.7 Å². The van der Waals surface area contributed by atoms with Crippen molar-refractivity contribution in [3.63, 3.8) is 0 Å². The summed E-state index contributed by atoms with van der Waals surface area (Å²) in [6, 6.07) is 17.6. The van der Waals surface area contributed by atoms with Gasteiger partial charge in [0.15, 0.2) is 0 Å². The third-order valence-corrected chi connectivity index (χ3v) is 5.05. The van der Waals surface area contributed by atoms with Crippen LogP contribution in [0.15, 0.2) is 78.3 Å². The summed E-state index contributed by atoms with van der Waals surface area (Å²) in [5.41, 5.74) is 9.80. The van der Waals surface area contributed by atoms with Gasteiger partial charge in [0.05, 0.1) is 17.4 Å². The van der Waals surface area contributed by atoms with E-state index in [-0.39, 0.29) is 29.1 Å². The van der Waals surface area contributed by atoms with E-state index in [4.69, 9.17) is 5.73 Å². The number of rotatable bonds is 3. The first-order chi connectivity index (χ1) is 13.0. The van der Waals surface area contributed by atoms with Crippen molar-refractivity contribution in [2.24, 2.45) is 5.73 Å². The number of urea groups is 1. The number of benzene rings is 2. The van der Waals surface area contributed by atoms with Crippen LogP contribution >= 0.6 is 0 Å². The average Bonchev–Trinajstić information content (AvgIpc) is 3.04. The largest absolute Gasteiger partial charge is 0.395 e. The molecule has 1 heterocycles. The van der Waals surface area contributed by atoms with Crippen LogP contribution in [0.25, 0.3) is 0 Å². The van der Waals surface area contributed by atoms with Crippen LogP contribution in [-0.2, 0) is 4.79 Å². The minimum absolute atomic E-state index is 0.0318. The molecule has 0 spiro atoms. The summed E-state index contributed by atoms with van der Waals surface area (Å²) in [7, 11) is 0. The predicted octanol–water partition coefficient (Wildman–Crippen LogP) is 2.38. The molecular formula is C21H20N4O2. The molecule has 0 radical (unpaired) electrons. The van der Waals surface area contributed by atoms with Gasteiger partial charge in [-0.3, -0.25) is 4.79 Å². The molecule has 2 aliphatic rings. The monoisotopic (exact) mass is 360 g/mol. The number of carbonyl (C=O) groups is 2. The Balaban J connectivity index is 1.62. The Labute approximate surface area is 157 Å². The van der Waals surface area contributed by atoms with Gasteiger partial charge in [-0.25, -0.2) is 4.79 Å². The van der Waals surface area contributed by atoms with Gasteiger partial charge in [-0.15, -0.1) is 0 Å². The second kappa shape index (κ2) is 6.64. The highest BCUT2D eigenvalue weighted by molar-refractivity contribution is 6.00. The van der Waals surface area contributed by atoms with E-state index in [0.29, 0.717) is 0 Å². The van der Waals surface area contributed by atoms with Crippen LogP contribution in [0.5, 0.6) is 0 Å². The standard InChI is InChI=1S/C21H20N4O2/c1-12-18(22)19(25-21(27)23-12)20(26)24-17-11-16(13-7-3-2-4-8-13)14-9-5-6-10-15(14)17/h2-10,16-17H,1,11,22H2,(H,24,26)(H2,23,25,27)/t16-,17+/m0/s1. The zero-order chi connectivity index (χ0) is 19.0. The molecule has 1 aliphatic carbocycles. The summed E-state index contributed by atoms with van der Waals surface area (Å²) in [4.78, 5) is 24.4. The van der Waals surface area contributed by atoms with Crippen LogP contribution in [0.1, 0.15) is 35.1 Å². The van der Waals surface area contributed by atoms with Gasteiger partial charge in [-0.2, -0.15) is 0 Å². The second-order valence-corrected chi connectivity index (χ2v) is 6.70. The minimum atomic E-state index is -0.520. The molecule has 6 nitrogen and oxygen atoms in total. The van der Waals surface area contributed by atoms with Crippen molar-refractivity contribution in [1.29, 1.82) is 0 Å². The average molecular weight is 360 g/mol. The van der Waals surface area contributed by atoms with Crippen LogP contribution in [0.2, 0.25) is 0 Å². The molecule has 0 fully saturated rings. The fraction of sp³-hybridized carbons (Fsp3) is 0.143. The Morgan fingerprint density at radius 2 is 1.70 bits per heavy atom. The van der Waals surface area contributed by atoms with E-state index < -0.39 is 11.9 Å². The van der Waals surface area contributed by atoms with Crippen molar-refractivity contribution >= 4 is 11.9 Å². The van der Waals surface area contributed by atoms with Crippen LogP contribution in [0, 0.1) is 0 Å². The molecule has 136 valence electrons. The lowest BCUT2D eigenvalue weighted by atomic mass is 9.93. The molecule has 2 aromatic rings. The molecule has 5 N–H and O–H groups in total. The number of fused-ring (bicyclic) bond motifs is 1. The Bertz CT molecular complexity index is 965. The van der Waals surface area contributed by atoms with Crippen molar-refractivity contribution in [1.82, 2.24) is 16.0 Å². The van der Waals surface area contributed by atoms with Crippen LogP contribution in [-0.4, -0.2) is 11.9 Å². The molecule has 6 heteroatoms. The van der Waals surface area contributed by atoms with Gasteiger partial charge >= 0.3 is 6.03 Å². The second-order valence-electron chi connectivity index (χ2n) is 6.70. The smallest absolute Gasteiger partial charge is 0.323 e. The first-order valence-electron chi connectivity index (χ1n) is 8.76. The zero-order valence-electron chi connectivity index (χ0n) is 14.7. The summed E-state index contributed by atoms with van der Waals surface area (Å²) in [6.07, 6.45) is 0.745. The maximum atomic E-state index is 12.8. The number of carbonyl (C=O) groups excluding carboxylic acids is 2. The molecule has 4 rings (SSSR count). The van der Waals surface area contributed by atoms with Crippen LogP contribution in [0.4, 0.5) is 4.79 Å². The molecule has 0 aromatic heterocycles. The Hall–Kier alpha value is -3.54. The van der Waals surface area contributed by atoms with E-state index in [1.165, 1.54) is 11.1 Å². The highest BCUT2D eigenvalue weighted by Gasteiger charge is 2.34. The van der Waals surface area contributed by atoms with E-state index in [0.717, 1.165) is 12.0 Å². The number of hydrogen-bond donors (Lipinski definition) is 4. The molecule has 1 aliphatic heterocycles. The van der Waals surface area contributed by atoms with Crippen molar-refractivity contribution in [2.75, 3.05) is 0 Å².